The number of carboxylic acid groups (broad SMARTS) is 1. The smallest absolute Gasteiger partial charge is 0.358 e. The largest absolute Gasteiger partial charge is 0.476 e. The average molecular weight is 238 g/mol. The molecule has 0 spiro atoms. The summed E-state index contributed by atoms with van der Waals surface area (Å²) in [5, 5.41) is 18.7. The summed E-state index contributed by atoms with van der Waals surface area (Å²) in [6, 6.07) is 1.36. The minimum absolute atomic E-state index is 0.114. The summed E-state index contributed by atoms with van der Waals surface area (Å²) in [6.45, 7) is 2.44. The van der Waals surface area contributed by atoms with Crippen LogP contribution in [-0.2, 0) is 13.1 Å². The highest BCUT2D eigenvalue weighted by Crippen LogP contribution is 2.03. The van der Waals surface area contributed by atoms with Gasteiger partial charge in [0.25, 0.3) is 0 Å². The zero-order chi connectivity index (χ0) is 12.3. The van der Waals surface area contributed by atoms with Crippen molar-refractivity contribution in [2.75, 3.05) is 0 Å². The van der Waals surface area contributed by atoms with Crippen LogP contribution >= 0.6 is 0 Å². The quantitative estimate of drug-likeness (QED) is 0.766. The van der Waals surface area contributed by atoms with Gasteiger partial charge in [0.1, 0.15) is 0 Å². The number of carbonyl (C=O) groups is 1. The molecule has 0 aliphatic heterocycles. The second-order valence-corrected chi connectivity index (χ2v) is 3.32. The van der Waals surface area contributed by atoms with Crippen LogP contribution < -0.4 is 5.32 Å². The Morgan fingerprint density at radius 1 is 1.41 bits per heavy atom. The molecule has 0 bridgehead atoms. The number of aromatic nitrogens is 3. The lowest BCUT2D eigenvalue weighted by molar-refractivity contribution is 0.0685. The van der Waals surface area contributed by atoms with Crippen LogP contribution in [0.5, 0.6) is 0 Å². The number of hydrogen-bond donors (Lipinski definition) is 2. The van der Waals surface area contributed by atoms with E-state index in [0.717, 1.165) is 0 Å². The zero-order valence-electron chi connectivity index (χ0n) is 9.01. The van der Waals surface area contributed by atoms with Crippen molar-refractivity contribution in [1.82, 2.24) is 20.6 Å². The third kappa shape index (κ3) is 2.88. The van der Waals surface area contributed by atoms with E-state index in [4.69, 9.17) is 14.2 Å². The summed E-state index contributed by atoms with van der Waals surface area (Å²) in [5.74, 6) is 0.339. The maximum Gasteiger partial charge on any atom is 0.358 e. The number of rotatable bonds is 5. The summed E-state index contributed by atoms with van der Waals surface area (Å²) in [6.07, 6.45) is 0. The first-order chi connectivity index (χ1) is 8.15. The summed E-state index contributed by atoms with van der Waals surface area (Å²) in [7, 11) is 0. The van der Waals surface area contributed by atoms with Gasteiger partial charge in [-0.2, -0.15) is 4.98 Å². The van der Waals surface area contributed by atoms with E-state index in [9.17, 15) is 4.79 Å². The van der Waals surface area contributed by atoms with Crippen molar-refractivity contribution in [2.24, 2.45) is 0 Å². The van der Waals surface area contributed by atoms with Gasteiger partial charge in [-0.3, -0.25) is 0 Å². The normalized spacial score (nSPS) is 10.6. The van der Waals surface area contributed by atoms with E-state index in [2.05, 4.69) is 20.6 Å². The summed E-state index contributed by atoms with van der Waals surface area (Å²) >= 11 is 0. The lowest BCUT2D eigenvalue weighted by atomic mass is 10.3. The predicted molar refractivity (Wildman–Crippen MR) is 53.0 cm³/mol. The van der Waals surface area contributed by atoms with Crippen LogP contribution in [-0.4, -0.2) is 26.4 Å². The lowest BCUT2D eigenvalue weighted by Gasteiger charge is -1.95. The van der Waals surface area contributed by atoms with E-state index in [1.165, 1.54) is 6.07 Å². The van der Waals surface area contributed by atoms with Gasteiger partial charge in [0.2, 0.25) is 5.89 Å². The second kappa shape index (κ2) is 4.74. The van der Waals surface area contributed by atoms with Crippen LogP contribution in [0.15, 0.2) is 15.1 Å². The van der Waals surface area contributed by atoms with E-state index in [1.807, 2.05) is 0 Å². The number of aryl methyl sites for hydroxylation is 1. The molecule has 0 atom stereocenters. The van der Waals surface area contributed by atoms with Gasteiger partial charge in [-0.1, -0.05) is 10.3 Å². The molecule has 0 saturated carbocycles. The van der Waals surface area contributed by atoms with Crippen LogP contribution in [0.4, 0.5) is 0 Å². The highest BCUT2D eigenvalue weighted by molar-refractivity contribution is 5.85. The fraction of sp³-hybridized carbons (Fsp3) is 0.333. The first-order valence-electron chi connectivity index (χ1n) is 4.84. The van der Waals surface area contributed by atoms with Crippen molar-refractivity contribution in [1.29, 1.82) is 0 Å². The van der Waals surface area contributed by atoms with Crippen LogP contribution in [0.3, 0.4) is 0 Å². The van der Waals surface area contributed by atoms with Gasteiger partial charge in [-0.05, 0) is 0 Å². The van der Waals surface area contributed by atoms with Crippen molar-refractivity contribution in [3.05, 3.63) is 29.2 Å². The van der Waals surface area contributed by atoms with Gasteiger partial charge in [-0.25, -0.2) is 4.79 Å². The second-order valence-electron chi connectivity index (χ2n) is 3.32. The summed E-state index contributed by atoms with van der Waals surface area (Å²) in [5.41, 5.74) is -0.114. The molecule has 2 N–H and O–H groups in total. The van der Waals surface area contributed by atoms with Gasteiger partial charge >= 0.3 is 5.97 Å². The first-order valence-corrected chi connectivity index (χ1v) is 4.84. The van der Waals surface area contributed by atoms with Gasteiger partial charge in [0.05, 0.1) is 13.1 Å². The Hall–Kier alpha value is -2.22. The highest BCUT2D eigenvalue weighted by atomic mass is 16.5. The molecule has 0 saturated heterocycles. The van der Waals surface area contributed by atoms with Gasteiger partial charge < -0.3 is 19.5 Å². The Bertz CT molecular complexity index is 519. The Morgan fingerprint density at radius 2 is 2.24 bits per heavy atom. The van der Waals surface area contributed by atoms with Gasteiger partial charge in [0.15, 0.2) is 17.3 Å². The molecule has 8 heteroatoms. The molecule has 0 radical (unpaired) electrons. The van der Waals surface area contributed by atoms with Gasteiger partial charge in [0, 0.05) is 13.0 Å². The minimum atomic E-state index is -1.12. The molecule has 0 aromatic carbocycles. The van der Waals surface area contributed by atoms with E-state index in [1.54, 1.807) is 6.92 Å². The van der Waals surface area contributed by atoms with E-state index < -0.39 is 5.97 Å². The van der Waals surface area contributed by atoms with Crippen molar-refractivity contribution in [3.8, 4) is 0 Å². The number of nitrogens with zero attached hydrogens (tertiary/aromatic N) is 3. The average Bonchev–Trinajstić information content (AvgIpc) is 2.88. The Labute approximate surface area is 95.6 Å². The lowest BCUT2D eigenvalue weighted by Crippen LogP contribution is -2.13. The molecular weight excluding hydrogens is 228 g/mol. The van der Waals surface area contributed by atoms with Crippen molar-refractivity contribution in [2.45, 2.75) is 20.0 Å². The topological polar surface area (TPSA) is 114 Å². The molecule has 0 fully saturated rings. The van der Waals surface area contributed by atoms with Crippen molar-refractivity contribution in [3.63, 3.8) is 0 Å². The fourth-order valence-corrected chi connectivity index (χ4v) is 1.21. The standard InChI is InChI=1S/C9H10N4O4/c1-5-11-8(13-16-5)4-10-3-6-2-7(9(14)15)12-17-6/h2,10H,3-4H2,1H3,(H,14,15). The molecule has 17 heavy (non-hydrogen) atoms. The Morgan fingerprint density at radius 3 is 2.82 bits per heavy atom. The van der Waals surface area contributed by atoms with Crippen LogP contribution in [0.2, 0.25) is 0 Å². The van der Waals surface area contributed by atoms with Crippen molar-refractivity contribution >= 4 is 5.97 Å². The Kier molecular flexibility index (Phi) is 3.15. The van der Waals surface area contributed by atoms with Crippen LogP contribution in [0.25, 0.3) is 0 Å². The number of carboxylic acids is 1. The molecule has 0 aliphatic carbocycles. The molecule has 0 aliphatic rings. The van der Waals surface area contributed by atoms with Gasteiger partial charge in [-0.15, -0.1) is 0 Å². The summed E-state index contributed by atoms with van der Waals surface area (Å²) in [4.78, 5) is 14.5. The molecule has 90 valence electrons. The SMILES string of the molecule is Cc1nc(CNCc2cc(C(=O)O)no2)no1. The molecule has 8 nitrogen and oxygen atoms in total. The molecular formula is C9H10N4O4. The minimum Gasteiger partial charge on any atom is -0.476 e. The van der Waals surface area contributed by atoms with Crippen LogP contribution in [0, 0.1) is 6.92 Å². The molecule has 0 amide bonds. The number of aromatic carboxylic acids is 1. The maximum absolute atomic E-state index is 10.5. The maximum atomic E-state index is 10.5. The molecule has 2 aromatic heterocycles. The third-order valence-electron chi connectivity index (χ3n) is 1.93. The highest BCUT2D eigenvalue weighted by Gasteiger charge is 2.10. The van der Waals surface area contributed by atoms with E-state index in [-0.39, 0.29) is 5.69 Å². The summed E-state index contributed by atoms with van der Waals surface area (Å²) < 4.78 is 9.60. The molecule has 2 aromatic rings. The third-order valence-corrected chi connectivity index (χ3v) is 1.93. The van der Waals surface area contributed by atoms with Crippen molar-refractivity contribution < 1.29 is 18.9 Å². The number of hydrogen-bond acceptors (Lipinski definition) is 7. The molecule has 2 rings (SSSR count). The van der Waals surface area contributed by atoms with E-state index in [0.29, 0.717) is 30.6 Å². The Balaban J connectivity index is 1.83. The fourth-order valence-electron chi connectivity index (χ4n) is 1.21. The van der Waals surface area contributed by atoms with Crippen LogP contribution in [0.1, 0.15) is 28.0 Å². The predicted octanol–water partition coefficient (Wildman–Crippen LogP) is 0.354. The molecule has 2 heterocycles. The zero-order valence-corrected chi connectivity index (χ0v) is 9.01. The monoisotopic (exact) mass is 238 g/mol. The number of nitrogens with one attached hydrogen (secondary N) is 1. The van der Waals surface area contributed by atoms with E-state index >= 15 is 0 Å². The molecule has 0 unspecified atom stereocenters. The first kappa shape index (κ1) is 11.3.